The number of rotatable bonds is 4. The number of nitrogens with one attached hydrogen (secondary N) is 2. The topological polar surface area (TPSA) is 84.3 Å². The highest BCUT2D eigenvalue weighted by atomic mass is 16.6. The number of anilines is 3. The van der Waals surface area contributed by atoms with Crippen molar-refractivity contribution < 1.29 is 9.72 Å². The van der Waals surface area contributed by atoms with Crippen molar-refractivity contribution in [2.45, 2.75) is 6.92 Å². The predicted molar refractivity (Wildman–Crippen MR) is 76.0 cm³/mol. The Morgan fingerprint density at radius 2 is 1.90 bits per heavy atom. The summed E-state index contributed by atoms with van der Waals surface area (Å²) < 4.78 is 0. The van der Waals surface area contributed by atoms with Crippen LogP contribution in [0.4, 0.5) is 22.7 Å². The molecule has 0 fully saturated rings. The van der Waals surface area contributed by atoms with Crippen molar-refractivity contribution in [1.29, 1.82) is 0 Å². The van der Waals surface area contributed by atoms with Crippen LogP contribution in [0.2, 0.25) is 0 Å². The first-order valence-corrected chi connectivity index (χ1v) is 5.85. The molecule has 2 N–H and O–H groups in total. The first-order chi connectivity index (χ1) is 9.56. The van der Waals surface area contributed by atoms with E-state index in [2.05, 4.69) is 16.7 Å². The van der Waals surface area contributed by atoms with Crippen LogP contribution in [0.1, 0.15) is 6.92 Å². The van der Waals surface area contributed by atoms with Crippen LogP contribution in [-0.4, -0.2) is 10.8 Å². The van der Waals surface area contributed by atoms with Gasteiger partial charge in [0.2, 0.25) is 5.91 Å². The molecule has 0 unspecified atom stereocenters. The smallest absolute Gasteiger partial charge is 0.292 e. The summed E-state index contributed by atoms with van der Waals surface area (Å²) in [4.78, 5) is 21.6. The van der Waals surface area contributed by atoms with E-state index in [1.165, 1.54) is 25.1 Å². The van der Waals surface area contributed by atoms with Crippen LogP contribution in [0.5, 0.6) is 0 Å². The predicted octanol–water partition coefficient (Wildman–Crippen LogP) is 3.10. The van der Waals surface area contributed by atoms with Gasteiger partial charge in [-0.1, -0.05) is 12.1 Å². The summed E-state index contributed by atoms with van der Waals surface area (Å²) in [5.74, 6) is -0.237. The van der Waals surface area contributed by atoms with Crippen LogP contribution in [0, 0.1) is 16.2 Å². The number of nitro groups is 1. The van der Waals surface area contributed by atoms with E-state index < -0.39 is 4.92 Å². The van der Waals surface area contributed by atoms with E-state index in [-0.39, 0.29) is 11.6 Å². The largest absolute Gasteiger partial charge is 0.350 e. The van der Waals surface area contributed by atoms with Gasteiger partial charge in [0.05, 0.1) is 4.92 Å². The molecule has 0 atom stereocenters. The quantitative estimate of drug-likeness (QED) is 0.660. The Bertz CT molecular complexity index is 641. The molecule has 0 saturated carbocycles. The maximum Gasteiger partial charge on any atom is 0.292 e. The molecule has 0 bridgehead atoms. The van der Waals surface area contributed by atoms with Crippen molar-refractivity contribution in [2.75, 3.05) is 10.6 Å². The molecule has 2 rings (SSSR count). The molecular weight excluding hydrogens is 258 g/mol. The van der Waals surface area contributed by atoms with E-state index in [9.17, 15) is 14.9 Å². The Labute approximate surface area is 115 Å². The fourth-order valence-corrected chi connectivity index (χ4v) is 1.70. The third kappa shape index (κ3) is 3.32. The highest BCUT2D eigenvalue weighted by Crippen LogP contribution is 2.30. The lowest BCUT2D eigenvalue weighted by atomic mass is 10.2. The van der Waals surface area contributed by atoms with Gasteiger partial charge < -0.3 is 10.6 Å². The SMILES string of the molecule is CC(=O)Nc1ccc([N+](=O)[O-])c(Nc2cc[c]cc2)c1. The van der Waals surface area contributed by atoms with Crippen LogP contribution in [0.25, 0.3) is 0 Å². The summed E-state index contributed by atoms with van der Waals surface area (Å²) in [6.45, 7) is 1.38. The van der Waals surface area contributed by atoms with E-state index in [0.29, 0.717) is 17.1 Å². The summed E-state index contributed by atoms with van der Waals surface area (Å²) >= 11 is 0. The lowest BCUT2D eigenvalue weighted by Gasteiger charge is -2.09. The molecule has 2 aromatic carbocycles. The second-order valence-electron chi connectivity index (χ2n) is 4.08. The molecule has 6 nitrogen and oxygen atoms in total. The van der Waals surface area contributed by atoms with Crippen LogP contribution >= 0.6 is 0 Å². The molecule has 0 aliphatic carbocycles. The van der Waals surface area contributed by atoms with Gasteiger partial charge in [0.25, 0.3) is 5.69 Å². The minimum atomic E-state index is -0.477. The van der Waals surface area contributed by atoms with Crippen LogP contribution in [0.15, 0.2) is 42.5 Å². The summed E-state index contributed by atoms with van der Waals surface area (Å²) in [5.41, 5.74) is 1.44. The number of carbonyl (C=O) groups excluding carboxylic acids is 1. The number of nitrogens with zero attached hydrogens (tertiary/aromatic N) is 1. The van der Waals surface area contributed by atoms with E-state index >= 15 is 0 Å². The van der Waals surface area contributed by atoms with Crippen LogP contribution < -0.4 is 10.6 Å². The molecule has 6 heteroatoms. The molecule has 0 heterocycles. The maximum atomic E-state index is 11.0. The lowest BCUT2D eigenvalue weighted by molar-refractivity contribution is -0.383. The number of hydrogen-bond acceptors (Lipinski definition) is 4. The van der Waals surface area contributed by atoms with Gasteiger partial charge >= 0.3 is 0 Å². The molecule has 0 aromatic heterocycles. The van der Waals surface area contributed by atoms with Crippen molar-refractivity contribution in [1.82, 2.24) is 0 Å². The van der Waals surface area contributed by atoms with Crippen molar-refractivity contribution >= 4 is 28.7 Å². The molecular formula is C14H12N3O3. The second-order valence-corrected chi connectivity index (χ2v) is 4.08. The minimum Gasteiger partial charge on any atom is -0.350 e. The van der Waals surface area contributed by atoms with E-state index in [1.54, 1.807) is 24.3 Å². The fourth-order valence-electron chi connectivity index (χ4n) is 1.70. The Hall–Kier alpha value is -2.89. The Kier molecular flexibility index (Phi) is 3.95. The second kappa shape index (κ2) is 5.83. The zero-order chi connectivity index (χ0) is 14.5. The van der Waals surface area contributed by atoms with Gasteiger partial charge in [-0.15, -0.1) is 0 Å². The van der Waals surface area contributed by atoms with Crippen LogP contribution in [-0.2, 0) is 4.79 Å². The third-order valence-corrected chi connectivity index (χ3v) is 2.51. The number of amides is 1. The summed E-state index contributed by atoms with van der Waals surface area (Å²) in [6.07, 6.45) is 0. The van der Waals surface area contributed by atoms with E-state index in [4.69, 9.17) is 0 Å². The first-order valence-electron chi connectivity index (χ1n) is 5.85. The van der Waals surface area contributed by atoms with Crippen molar-refractivity contribution in [3.63, 3.8) is 0 Å². The molecule has 2 aromatic rings. The molecule has 0 aliphatic rings. The molecule has 20 heavy (non-hydrogen) atoms. The minimum absolute atomic E-state index is 0.0630. The Morgan fingerprint density at radius 3 is 2.50 bits per heavy atom. The number of carbonyl (C=O) groups is 1. The Morgan fingerprint density at radius 1 is 1.20 bits per heavy atom. The monoisotopic (exact) mass is 270 g/mol. The van der Waals surface area contributed by atoms with Crippen molar-refractivity contribution in [3.8, 4) is 0 Å². The molecule has 0 spiro atoms. The fraction of sp³-hybridized carbons (Fsp3) is 0.0714. The Balaban J connectivity index is 2.36. The maximum absolute atomic E-state index is 11.0. The summed E-state index contributed by atoms with van der Waals surface area (Å²) in [7, 11) is 0. The number of nitro benzene ring substituents is 1. The molecule has 1 amide bonds. The highest BCUT2D eigenvalue weighted by Gasteiger charge is 2.14. The average Bonchev–Trinajstić information content (AvgIpc) is 2.39. The van der Waals surface area contributed by atoms with Gasteiger partial charge in [-0.25, -0.2) is 0 Å². The summed E-state index contributed by atoms with van der Waals surface area (Å²) in [6, 6.07) is 14.1. The van der Waals surface area contributed by atoms with Gasteiger partial charge in [-0.05, 0) is 30.3 Å². The van der Waals surface area contributed by atoms with Gasteiger partial charge in [0.1, 0.15) is 5.69 Å². The van der Waals surface area contributed by atoms with Crippen LogP contribution in [0.3, 0.4) is 0 Å². The lowest BCUT2D eigenvalue weighted by Crippen LogP contribution is -2.06. The normalized spacial score (nSPS) is 9.85. The van der Waals surface area contributed by atoms with Gasteiger partial charge in [0, 0.05) is 24.4 Å². The summed E-state index contributed by atoms with van der Waals surface area (Å²) in [5, 5.41) is 16.6. The molecule has 0 aliphatic heterocycles. The number of benzene rings is 2. The zero-order valence-corrected chi connectivity index (χ0v) is 10.7. The third-order valence-electron chi connectivity index (χ3n) is 2.51. The van der Waals surface area contributed by atoms with Crippen molar-refractivity contribution in [2.24, 2.45) is 0 Å². The first kappa shape index (κ1) is 13.5. The van der Waals surface area contributed by atoms with Gasteiger partial charge in [0.15, 0.2) is 0 Å². The van der Waals surface area contributed by atoms with E-state index in [0.717, 1.165) is 0 Å². The average molecular weight is 270 g/mol. The van der Waals surface area contributed by atoms with Gasteiger partial charge in [-0.3, -0.25) is 14.9 Å². The molecule has 101 valence electrons. The number of hydrogen-bond donors (Lipinski definition) is 2. The standard InChI is InChI=1S/C14H12N3O3/c1-10(18)15-12-7-8-14(17(19)20)13(9-12)16-11-5-3-2-4-6-11/h3-9,16H,1H3,(H,15,18). The van der Waals surface area contributed by atoms with Crippen molar-refractivity contribution in [3.05, 3.63) is 58.6 Å². The highest BCUT2D eigenvalue weighted by molar-refractivity contribution is 5.90. The molecule has 0 saturated heterocycles. The van der Waals surface area contributed by atoms with E-state index in [1.807, 2.05) is 0 Å². The zero-order valence-electron chi connectivity index (χ0n) is 10.7. The van der Waals surface area contributed by atoms with Gasteiger partial charge in [-0.2, -0.15) is 0 Å². The molecule has 1 radical (unpaired) electrons.